The van der Waals surface area contributed by atoms with Crippen molar-refractivity contribution >= 4 is 5.69 Å². The van der Waals surface area contributed by atoms with E-state index in [2.05, 4.69) is 55.8 Å². The lowest BCUT2D eigenvalue weighted by atomic mass is 9.97. The van der Waals surface area contributed by atoms with Crippen molar-refractivity contribution in [2.45, 2.75) is 40.5 Å². The van der Waals surface area contributed by atoms with E-state index in [4.69, 9.17) is 0 Å². The van der Waals surface area contributed by atoms with Gasteiger partial charge in [-0.25, -0.2) is 0 Å². The Morgan fingerprint density at radius 3 is 2.05 bits per heavy atom. The van der Waals surface area contributed by atoms with Gasteiger partial charge in [0.05, 0.1) is 0 Å². The third-order valence-corrected chi connectivity index (χ3v) is 3.74. The van der Waals surface area contributed by atoms with Gasteiger partial charge in [-0.05, 0) is 43.1 Å². The van der Waals surface area contributed by atoms with E-state index in [9.17, 15) is 0 Å². The van der Waals surface area contributed by atoms with Crippen LogP contribution in [-0.2, 0) is 0 Å². The van der Waals surface area contributed by atoms with Crippen molar-refractivity contribution in [2.75, 3.05) is 38.1 Å². The predicted octanol–water partition coefficient (Wildman–Crippen LogP) is 3.90. The van der Waals surface area contributed by atoms with Crippen molar-refractivity contribution in [3.8, 4) is 0 Å². The van der Waals surface area contributed by atoms with E-state index in [0.29, 0.717) is 5.92 Å². The summed E-state index contributed by atoms with van der Waals surface area (Å²) in [6.45, 7) is 15.4. The first kappa shape index (κ1) is 16.0. The van der Waals surface area contributed by atoms with Crippen LogP contribution in [0.5, 0.6) is 0 Å². The second kappa shape index (κ2) is 7.54. The van der Waals surface area contributed by atoms with Gasteiger partial charge in [-0.2, -0.15) is 0 Å². The molecular weight excluding hydrogens is 232 g/mol. The van der Waals surface area contributed by atoms with Crippen molar-refractivity contribution in [1.82, 2.24) is 4.90 Å². The summed E-state index contributed by atoms with van der Waals surface area (Å²) >= 11 is 0. The summed E-state index contributed by atoms with van der Waals surface area (Å²) in [5.41, 5.74) is 4.29. The first-order valence-electron chi connectivity index (χ1n) is 7.62. The third kappa shape index (κ3) is 4.24. The van der Waals surface area contributed by atoms with Crippen molar-refractivity contribution in [3.63, 3.8) is 0 Å². The van der Waals surface area contributed by atoms with E-state index in [-0.39, 0.29) is 0 Å². The molecule has 1 heterocycles. The molecule has 0 aliphatic carbocycles. The Hall–Kier alpha value is -1.02. The van der Waals surface area contributed by atoms with Gasteiger partial charge < -0.3 is 9.80 Å². The lowest BCUT2D eigenvalue weighted by Gasteiger charge is -2.34. The van der Waals surface area contributed by atoms with Crippen molar-refractivity contribution in [1.29, 1.82) is 0 Å². The fourth-order valence-corrected chi connectivity index (χ4v) is 2.57. The van der Waals surface area contributed by atoms with E-state index < -0.39 is 0 Å². The quantitative estimate of drug-likeness (QED) is 0.797. The molecule has 2 heteroatoms. The van der Waals surface area contributed by atoms with Gasteiger partial charge in [-0.3, -0.25) is 0 Å². The molecule has 108 valence electrons. The van der Waals surface area contributed by atoms with Crippen LogP contribution < -0.4 is 4.90 Å². The second-order valence-corrected chi connectivity index (χ2v) is 5.49. The number of piperazine rings is 1. The molecule has 0 atom stereocenters. The summed E-state index contributed by atoms with van der Waals surface area (Å²) in [7, 11) is 2.20. The summed E-state index contributed by atoms with van der Waals surface area (Å²) < 4.78 is 0. The van der Waals surface area contributed by atoms with E-state index in [1.807, 2.05) is 13.8 Å². The lowest BCUT2D eigenvalue weighted by molar-refractivity contribution is 0.313. The first-order chi connectivity index (χ1) is 9.08. The maximum absolute atomic E-state index is 2.50. The molecule has 2 rings (SSSR count). The molecule has 0 bridgehead atoms. The van der Waals surface area contributed by atoms with E-state index in [0.717, 1.165) is 13.1 Å². The molecule has 0 saturated carbocycles. The highest BCUT2D eigenvalue weighted by atomic mass is 15.2. The highest BCUT2D eigenvalue weighted by Gasteiger charge is 2.15. The number of likely N-dealkylation sites (N-methyl/N-ethyl adjacent to an activating group) is 1. The molecule has 1 fully saturated rings. The van der Waals surface area contributed by atoms with Crippen LogP contribution in [0.2, 0.25) is 0 Å². The van der Waals surface area contributed by atoms with Gasteiger partial charge in [0.25, 0.3) is 0 Å². The van der Waals surface area contributed by atoms with Gasteiger partial charge in [-0.15, -0.1) is 0 Å². The highest BCUT2D eigenvalue weighted by Crippen LogP contribution is 2.24. The van der Waals surface area contributed by atoms with Gasteiger partial charge >= 0.3 is 0 Å². The Morgan fingerprint density at radius 1 is 1.00 bits per heavy atom. The molecule has 0 spiro atoms. The highest BCUT2D eigenvalue weighted by molar-refractivity contribution is 5.51. The topological polar surface area (TPSA) is 6.48 Å². The molecule has 0 N–H and O–H groups in total. The van der Waals surface area contributed by atoms with Crippen LogP contribution in [0.4, 0.5) is 5.69 Å². The first-order valence-corrected chi connectivity index (χ1v) is 7.62. The molecule has 1 aliphatic rings. The third-order valence-electron chi connectivity index (χ3n) is 3.74. The van der Waals surface area contributed by atoms with Crippen molar-refractivity contribution in [3.05, 3.63) is 29.3 Å². The minimum Gasteiger partial charge on any atom is -0.369 e. The van der Waals surface area contributed by atoms with Gasteiger partial charge in [0.1, 0.15) is 0 Å². The predicted molar refractivity (Wildman–Crippen MR) is 86.3 cm³/mol. The van der Waals surface area contributed by atoms with E-state index >= 15 is 0 Å². The summed E-state index contributed by atoms with van der Waals surface area (Å²) in [4.78, 5) is 4.89. The van der Waals surface area contributed by atoms with E-state index in [1.165, 1.54) is 29.9 Å². The number of aryl methyl sites for hydroxylation is 1. The zero-order chi connectivity index (χ0) is 14.4. The van der Waals surface area contributed by atoms with Gasteiger partial charge in [-0.1, -0.05) is 33.8 Å². The molecular formula is C17H30N2. The number of rotatable bonds is 2. The SMILES string of the molecule is CC.Cc1cc(N2CCN(C)CC2)ccc1C(C)C. The molecule has 0 amide bonds. The van der Waals surface area contributed by atoms with Crippen molar-refractivity contribution < 1.29 is 0 Å². The minimum atomic E-state index is 0.622. The van der Waals surface area contributed by atoms with Crippen LogP contribution in [0, 0.1) is 6.92 Å². The minimum absolute atomic E-state index is 0.622. The average Bonchev–Trinajstić information content (AvgIpc) is 2.41. The number of hydrogen-bond donors (Lipinski definition) is 0. The number of hydrogen-bond acceptors (Lipinski definition) is 2. The van der Waals surface area contributed by atoms with Gasteiger partial charge in [0, 0.05) is 31.9 Å². The largest absolute Gasteiger partial charge is 0.369 e. The standard InChI is InChI=1S/C15H24N2.C2H6/c1-12(2)15-6-5-14(11-13(15)3)17-9-7-16(4)8-10-17;1-2/h5-6,11-12H,7-10H2,1-4H3;1-2H3. The van der Waals surface area contributed by atoms with Crippen LogP contribution in [0.1, 0.15) is 44.7 Å². The molecule has 0 radical (unpaired) electrons. The number of anilines is 1. The van der Waals surface area contributed by atoms with Crippen LogP contribution in [0.25, 0.3) is 0 Å². The smallest absolute Gasteiger partial charge is 0.0369 e. The van der Waals surface area contributed by atoms with Crippen LogP contribution >= 0.6 is 0 Å². The monoisotopic (exact) mass is 262 g/mol. The molecule has 2 nitrogen and oxygen atoms in total. The molecule has 1 aliphatic heterocycles. The zero-order valence-electron chi connectivity index (χ0n) is 13.5. The summed E-state index contributed by atoms with van der Waals surface area (Å²) in [6, 6.07) is 6.93. The Morgan fingerprint density at radius 2 is 1.58 bits per heavy atom. The Bertz CT molecular complexity index is 377. The number of nitrogens with zero attached hydrogens (tertiary/aromatic N) is 2. The molecule has 1 aromatic carbocycles. The van der Waals surface area contributed by atoms with Crippen LogP contribution in [0.3, 0.4) is 0 Å². The maximum Gasteiger partial charge on any atom is 0.0369 e. The van der Waals surface area contributed by atoms with Gasteiger partial charge in [0.2, 0.25) is 0 Å². The summed E-state index contributed by atoms with van der Waals surface area (Å²) in [6.07, 6.45) is 0. The second-order valence-electron chi connectivity index (χ2n) is 5.49. The molecule has 0 unspecified atom stereocenters. The van der Waals surface area contributed by atoms with E-state index in [1.54, 1.807) is 0 Å². The molecule has 0 aromatic heterocycles. The number of benzene rings is 1. The normalized spacial score (nSPS) is 16.3. The summed E-state index contributed by atoms with van der Waals surface area (Å²) in [5.74, 6) is 0.622. The molecule has 1 saturated heterocycles. The fourth-order valence-electron chi connectivity index (χ4n) is 2.57. The van der Waals surface area contributed by atoms with Crippen LogP contribution in [-0.4, -0.2) is 38.1 Å². The molecule has 1 aromatic rings. The Balaban J connectivity index is 0.000000861. The average molecular weight is 262 g/mol. The maximum atomic E-state index is 2.50. The lowest BCUT2D eigenvalue weighted by Crippen LogP contribution is -2.44. The zero-order valence-corrected chi connectivity index (χ0v) is 13.5. The Labute approximate surface area is 119 Å². The fraction of sp³-hybridized carbons (Fsp3) is 0.647. The van der Waals surface area contributed by atoms with Crippen LogP contribution in [0.15, 0.2) is 18.2 Å². The Kier molecular flexibility index (Phi) is 6.36. The van der Waals surface area contributed by atoms with Crippen molar-refractivity contribution in [2.24, 2.45) is 0 Å². The van der Waals surface area contributed by atoms with Gasteiger partial charge in [0.15, 0.2) is 0 Å². The summed E-state index contributed by atoms with van der Waals surface area (Å²) in [5, 5.41) is 0. The molecule has 19 heavy (non-hydrogen) atoms.